The Kier molecular flexibility index (Phi) is 6.75. The highest BCUT2D eigenvalue weighted by Gasteiger charge is 2.31. The number of carbonyl (C=O) groups is 2. The highest BCUT2D eigenvalue weighted by atomic mass is 16.5. The minimum atomic E-state index is -0.0574. The normalized spacial score (nSPS) is 25.3. The van der Waals surface area contributed by atoms with Crippen LogP contribution in [0.3, 0.4) is 0 Å². The van der Waals surface area contributed by atoms with Gasteiger partial charge in [0.25, 0.3) is 0 Å². The molecule has 2 fully saturated rings. The van der Waals surface area contributed by atoms with Gasteiger partial charge in [-0.3, -0.25) is 4.79 Å². The van der Waals surface area contributed by atoms with Gasteiger partial charge in [-0.25, -0.2) is 4.79 Å². The van der Waals surface area contributed by atoms with E-state index in [9.17, 15) is 9.59 Å². The zero-order chi connectivity index (χ0) is 19.2. The van der Waals surface area contributed by atoms with Gasteiger partial charge in [0.1, 0.15) is 0 Å². The molecule has 2 aliphatic rings. The Morgan fingerprint density at radius 1 is 1.19 bits per heavy atom. The molecule has 1 aromatic rings. The molecule has 5 nitrogen and oxygen atoms in total. The number of hydrogen-bond donors (Lipinski definition) is 1. The second-order valence-corrected chi connectivity index (χ2v) is 7.92. The van der Waals surface area contributed by atoms with Crippen molar-refractivity contribution < 1.29 is 14.3 Å². The van der Waals surface area contributed by atoms with Gasteiger partial charge in [0.2, 0.25) is 0 Å². The van der Waals surface area contributed by atoms with Crippen LogP contribution in [0.25, 0.3) is 0 Å². The standard InChI is InChI=1S/C22H32N2O3/c1-3-27-21(25)18-11-9-17(10-12-18)15-23-22(26)24-13-5-8-20(24)19-7-4-6-16(2)14-19/h4,6-7,14,17-18,20H,3,5,8-13,15H2,1-2H3,(H,23,26)/t17?,18?,20-/m0/s1. The van der Waals surface area contributed by atoms with E-state index in [1.54, 1.807) is 0 Å². The molecule has 0 radical (unpaired) electrons. The van der Waals surface area contributed by atoms with Crippen molar-refractivity contribution in [2.24, 2.45) is 11.8 Å². The van der Waals surface area contributed by atoms with Crippen LogP contribution >= 0.6 is 0 Å². The number of likely N-dealkylation sites (tertiary alicyclic amines) is 1. The van der Waals surface area contributed by atoms with E-state index in [0.29, 0.717) is 19.1 Å². The van der Waals surface area contributed by atoms with E-state index >= 15 is 0 Å². The lowest BCUT2D eigenvalue weighted by molar-refractivity contribution is -0.149. The predicted octanol–water partition coefficient (Wildman–Crippen LogP) is 4.21. The summed E-state index contributed by atoms with van der Waals surface area (Å²) in [7, 11) is 0. The van der Waals surface area contributed by atoms with E-state index in [0.717, 1.165) is 45.1 Å². The molecule has 1 aromatic carbocycles. The molecule has 3 rings (SSSR count). The van der Waals surface area contributed by atoms with Gasteiger partial charge in [-0.1, -0.05) is 29.8 Å². The SMILES string of the molecule is CCOC(=O)C1CCC(CNC(=O)N2CCC[C@H]2c2cccc(C)c2)CC1. The van der Waals surface area contributed by atoms with Gasteiger partial charge in [0.15, 0.2) is 0 Å². The number of carbonyl (C=O) groups excluding carboxylic acids is 2. The van der Waals surface area contributed by atoms with E-state index in [1.165, 1.54) is 11.1 Å². The fourth-order valence-corrected chi connectivity index (χ4v) is 4.43. The molecule has 1 aliphatic heterocycles. The van der Waals surface area contributed by atoms with Crippen LogP contribution in [0, 0.1) is 18.8 Å². The summed E-state index contributed by atoms with van der Waals surface area (Å²) in [5, 5.41) is 3.15. The molecule has 1 atom stereocenters. The van der Waals surface area contributed by atoms with Crippen molar-refractivity contribution in [1.82, 2.24) is 10.2 Å². The summed E-state index contributed by atoms with van der Waals surface area (Å²) < 4.78 is 5.13. The zero-order valence-corrected chi connectivity index (χ0v) is 16.6. The third-order valence-corrected chi connectivity index (χ3v) is 5.95. The van der Waals surface area contributed by atoms with Gasteiger partial charge < -0.3 is 15.0 Å². The maximum atomic E-state index is 12.8. The number of esters is 1. The summed E-state index contributed by atoms with van der Waals surface area (Å²) in [6, 6.07) is 8.71. The van der Waals surface area contributed by atoms with Crippen LogP contribution < -0.4 is 5.32 Å². The number of rotatable bonds is 5. The molecule has 27 heavy (non-hydrogen) atoms. The Morgan fingerprint density at radius 2 is 1.96 bits per heavy atom. The molecule has 148 valence electrons. The molecule has 1 saturated heterocycles. The van der Waals surface area contributed by atoms with E-state index in [-0.39, 0.29) is 24.0 Å². The van der Waals surface area contributed by atoms with Crippen molar-refractivity contribution in [3.05, 3.63) is 35.4 Å². The number of ether oxygens (including phenoxy) is 1. The van der Waals surface area contributed by atoms with Crippen molar-refractivity contribution >= 4 is 12.0 Å². The van der Waals surface area contributed by atoms with Crippen molar-refractivity contribution in [2.45, 2.75) is 58.4 Å². The topological polar surface area (TPSA) is 58.6 Å². The first kappa shape index (κ1) is 19.7. The average molecular weight is 373 g/mol. The number of nitrogens with zero attached hydrogens (tertiary/aromatic N) is 1. The van der Waals surface area contributed by atoms with Crippen LogP contribution in [-0.2, 0) is 9.53 Å². The first-order chi connectivity index (χ1) is 13.1. The molecule has 0 unspecified atom stereocenters. The Hall–Kier alpha value is -2.04. The van der Waals surface area contributed by atoms with Gasteiger partial charge in [-0.05, 0) is 63.9 Å². The summed E-state index contributed by atoms with van der Waals surface area (Å²) in [6.07, 6.45) is 5.78. The molecule has 1 N–H and O–H groups in total. The van der Waals surface area contributed by atoms with E-state index in [2.05, 4.69) is 36.5 Å². The summed E-state index contributed by atoms with van der Waals surface area (Å²) >= 11 is 0. The van der Waals surface area contributed by atoms with Crippen LogP contribution in [0.15, 0.2) is 24.3 Å². The first-order valence-corrected chi connectivity index (χ1v) is 10.4. The van der Waals surface area contributed by atoms with Gasteiger partial charge in [0.05, 0.1) is 18.6 Å². The quantitative estimate of drug-likeness (QED) is 0.788. The van der Waals surface area contributed by atoms with Crippen molar-refractivity contribution in [3.8, 4) is 0 Å². The van der Waals surface area contributed by atoms with Crippen LogP contribution in [0.4, 0.5) is 4.79 Å². The minimum Gasteiger partial charge on any atom is -0.466 e. The Labute approximate surface area is 162 Å². The fraction of sp³-hybridized carbons (Fsp3) is 0.636. The molecular weight excluding hydrogens is 340 g/mol. The van der Waals surface area contributed by atoms with Crippen LogP contribution in [0.1, 0.15) is 62.6 Å². The molecule has 1 saturated carbocycles. The average Bonchev–Trinajstić information content (AvgIpc) is 3.17. The summed E-state index contributed by atoms with van der Waals surface area (Å²) in [4.78, 5) is 26.6. The lowest BCUT2D eigenvalue weighted by atomic mass is 9.82. The third-order valence-electron chi connectivity index (χ3n) is 5.95. The van der Waals surface area contributed by atoms with Gasteiger partial charge in [0, 0.05) is 13.1 Å². The third kappa shape index (κ3) is 5.02. The van der Waals surface area contributed by atoms with Crippen molar-refractivity contribution in [3.63, 3.8) is 0 Å². The summed E-state index contributed by atoms with van der Waals surface area (Å²) in [5.74, 6) is 0.443. The van der Waals surface area contributed by atoms with E-state index in [1.807, 2.05) is 11.8 Å². The zero-order valence-electron chi connectivity index (χ0n) is 16.6. The lowest BCUT2D eigenvalue weighted by Crippen LogP contribution is -2.42. The van der Waals surface area contributed by atoms with E-state index < -0.39 is 0 Å². The smallest absolute Gasteiger partial charge is 0.317 e. The lowest BCUT2D eigenvalue weighted by Gasteiger charge is -2.29. The van der Waals surface area contributed by atoms with Crippen molar-refractivity contribution in [1.29, 1.82) is 0 Å². The van der Waals surface area contributed by atoms with Crippen LogP contribution in [0.2, 0.25) is 0 Å². The van der Waals surface area contributed by atoms with E-state index in [4.69, 9.17) is 4.74 Å². The van der Waals surface area contributed by atoms with Crippen LogP contribution in [0.5, 0.6) is 0 Å². The number of hydrogen-bond acceptors (Lipinski definition) is 3. The highest BCUT2D eigenvalue weighted by molar-refractivity contribution is 5.75. The molecular formula is C22H32N2O3. The molecule has 1 aliphatic carbocycles. The second-order valence-electron chi connectivity index (χ2n) is 7.92. The summed E-state index contributed by atoms with van der Waals surface area (Å²) in [6.45, 7) is 5.91. The maximum absolute atomic E-state index is 12.8. The Balaban J connectivity index is 1.47. The molecule has 1 heterocycles. The predicted molar refractivity (Wildman–Crippen MR) is 105 cm³/mol. The number of urea groups is 1. The highest BCUT2D eigenvalue weighted by Crippen LogP contribution is 2.33. The Bertz CT molecular complexity index is 653. The molecule has 0 bridgehead atoms. The van der Waals surface area contributed by atoms with Gasteiger partial charge >= 0.3 is 12.0 Å². The van der Waals surface area contributed by atoms with Gasteiger partial charge in [-0.15, -0.1) is 0 Å². The molecule has 0 spiro atoms. The Morgan fingerprint density at radius 3 is 2.67 bits per heavy atom. The number of benzene rings is 1. The maximum Gasteiger partial charge on any atom is 0.317 e. The number of amides is 2. The second kappa shape index (κ2) is 9.25. The monoisotopic (exact) mass is 372 g/mol. The summed E-state index contributed by atoms with van der Waals surface area (Å²) in [5.41, 5.74) is 2.47. The number of aryl methyl sites for hydroxylation is 1. The fourth-order valence-electron chi connectivity index (χ4n) is 4.43. The first-order valence-electron chi connectivity index (χ1n) is 10.4. The van der Waals surface area contributed by atoms with Crippen molar-refractivity contribution in [2.75, 3.05) is 19.7 Å². The van der Waals surface area contributed by atoms with Crippen LogP contribution in [-0.4, -0.2) is 36.6 Å². The van der Waals surface area contributed by atoms with Gasteiger partial charge in [-0.2, -0.15) is 0 Å². The number of nitrogens with one attached hydrogen (secondary N) is 1. The molecule has 0 aromatic heterocycles. The molecule has 5 heteroatoms. The minimum absolute atomic E-state index is 0.0428. The largest absolute Gasteiger partial charge is 0.466 e. The molecule has 2 amide bonds.